The van der Waals surface area contributed by atoms with Crippen LogP contribution in [0.2, 0.25) is 0 Å². The monoisotopic (exact) mass is 270 g/mol. The molecule has 2 rings (SSSR count). The van der Waals surface area contributed by atoms with Crippen LogP contribution in [0.5, 0.6) is 0 Å². The molecule has 0 amide bonds. The quantitative estimate of drug-likeness (QED) is 0.665. The van der Waals surface area contributed by atoms with Crippen molar-refractivity contribution < 1.29 is 4.39 Å². The summed E-state index contributed by atoms with van der Waals surface area (Å²) in [5.74, 6) is 0.544. The van der Waals surface area contributed by atoms with Crippen LogP contribution in [0.15, 0.2) is 48.5 Å². The fourth-order valence-corrected chi connectivity index (χ4v) is 2.38. The van der Waals surface area contributed by atoms with E-state index in [2.05, 4.69) is 38.1 Å². The highest BCUT2D eigenvalue weighted by molar-refractivity contribution is 5.21. The van der Waals surface area contributed by atoms with Crippen LogP contribution in [0.25, 0.3) is 0 Å². The number of hydrogen-bond acceptors (Lipinski definition) is 0. The summed E-state index contributed by atoms with van der Waals surface area (Å²) in [5.41, 5.74) is 3.97. The van der Waals surface area contributed by atoms with Crippen molar-refractivity contribution >= 4 is 0 Å². The standard InChI is InChI=1S/C19H23F/c1-15-3-7-17(8-4-15)9-5-16(2)6-10-18-11-13-19(20)14-12-18/h3-4,7-8,11-14,16H,5-6,9-10H2,1-2H3. The summed E-state index contributed by atoms with van der Waals surface area (Å²) in [6.45, 7) is 4.42. The van der Waals surface area contributed by atoms with Crippen molar-refractivity contribution in [2.75, 3.05) is 0 Å². The van der Waals surface area contributed by atoms with Gasteiger partial charge in [0, 0.05) is 0 Å². The Bertz CT molecular complexity index is 461. The average molecular weight is 270 g/mol. The second-order valence-electron chi connectivity index (χ2n) is 5.79. The zero-order valence-corrected chi connectivity index (χ0v) is 12.4. The van der Waals surface area contributed by atoms with E-state index in [-0.39, 0.29) is 5.82 Å². The van der Waals surface area contributed by atoms with E-state index in [1.807, 2.05) is 12.1 Å². The number of hydrogen-bond donors (Lipinski definition) is 0. The predicted molar refractivity (Wildman–Crippen MR) is 83.4 cm³/mol. The third-order valence-corrected chi connectivity index (χ3v) is 3.89. The second-order valence-corrected chi connectivity index (χ2v) is 5.79. The van der Waals surface area contributed by atoms with Gasteiger partial charge in [0.15, 0.2) is 0 Å². The van der Waals surface area contributed by atoms with Gasteiger partial charge in [-0.25, -0.2) is 4.39 Å². The molecule has 1 atom stereocenters. The first kappa shape index (κ1) is 14.8. The largest absolute Gasteiger partial charge is 0.207 e. The van der Waals surface area contributed by atoms with Crippen LogP contribution >= 0.6 is 0 Å². The lowest BCUT2D eigenvalue weighted by Gasteiger charge is -2.11. The SMILES string of the molecule is Cc1ccc(CCC(C)CCc2ccc(F)cc2)cc1. The normalized spacial score (nSPS) is 12.3. The zero-order chi connectivity index (χ0) is 14.4. The van der Waals surface area contributed by atoms with Gasteiger partial charge in [0.1, 0.15) is 5.82 Å². The number of aryl methyl sites for hydroxylation is 3. The third kappa shape index (κ3) is 4.80. The van der Waals surface area contributed by atoms with Gasteiger partial charge in [-0.2, -0.15) is 0 Å². The Labute approximate surface area is 121 Å². The summed E-state index contributed by atoms with van der Waals surface area (Å²) in [6.07, 6.45) is 4.56. The van der Waals surface area contributed by atoms with Gasteiger partial charge < -0.3 is 0 Å². The average Bonchev–Trinajstić information content (AvgIpc) is 2.46. The van der Waals surface area contributed by atoms with Crippen LogP contribution < -0.4 is 0 Å². The fraction of sp³-hybridized carbons (Fsp3) is 0.368. The summed E-state index contributed by atoms with van der Waals surface area (Å²) < 4.78 is 12.8. The van der Waals surface area contributed by atoms with E-state index in [1.165, 1.54) is 23.1 Å². The molecule has 106 valence electrons. The maximum absolute atomic E-state index is 12.8. The van der Waals surface area contributed by atoms with Gasteiger partial charge in [-0.1, -0.05) is 48.9 Å². The van der Waals surface area contributed by atoms with Crippen LogP contribution in [0.3, 0.4) is 0 Å². The lowest BCUT2D eigenvalue weighted by atomic mass is 9.94. The van der Waals surface area contributed by atoms with Crippen LogP contribution in [-0.2, 0) is 12.8 Å². The Balaban J connectivity index is 1.73. The van der Waals surface area contributed by atoms with Crippen LogP contribution in [-0.4, -0.2) is 0 Å². The Morgan fingerprint density at radius 2 is 1.25 bits per heavy atom. The summed E-state index contributed by atoms with van der Waals surface area (Å²) in [6, 6.07) is 15.7. The van der Waals surface area contributed by atoms with Gasteiger partial charge >= 0.3 is 0 Å². The number of benzene rings is 2. The van der Waals surface area contributed by atoms with Crippen molar-refractivity contribution in [3.8, 4) is 0 Å². The first-order valence-corrected chi connectivity index (χ1v) is 7.43. The van der Waals surface area contributed by atoms with Gasteiger partial charge in [-0.15, -0.1) is 0 Å². The van der Waals surface area contributed by atoms with E-state index in [4.69, 9.17) is 0 Å². The van der Waals surface area contributed by atoms with Crippen molar-refractivity contribution in [1.29, 1.82) is 0 Å². The molecule has 20 heavy (non-hydrogen) atoms. The third-order valence-electron chi connectivity index (χ3n) is 3.89. The van der Waals surface area contributed by atoms with Crippen molar-refractivity contribution in [3.63, 3.8) is 0 Å². The molecule has 0 saturated heterocycles. The second kappa shape index (κ2) is 7.23. The topological polar surface area (TPSA) is 0 Å². The minimum Gasteiger partial charge on any atom is -0.207 e. The maximum atomic E-state index is 12.8. The highest BCUT2D eigenvalue weighted by Gasteiger charge is 2.04. The van der Waals surface area contributed by atoms with Crippen molar-refractivity contribution in [2.45, 2.75) is 39.5 Å². The van der Waals surface area contributed by atoms with E-state index in [0.29, 0.717) is 5.92 Å². The van der Waals surface area contributed by atoms with Gasteiger partial charge in [0.2, 0.25) is 0 Å². The number of halogens is 1. The summed E-state index contributed by atoms with van der Waals surface area (Å²) in [5, 5.41) is 0. The van der Waals surface area contributed by atoms with Crippen molar-refractivity contribution in [3.05, 3.63) is 71.0 Å². The molecular weight excluding hydrogens is 247 g/mol. The molecular formula is C19H23F. The van der Waals surface area contributed by atoms with Crippen LogP contribution in [0.4, 0.5) is 4.39 Å². The Hall–Kier alpha value is -1.63. The highest BCUT2D eigenvalue weighted by atomic mass is 19.1. The molecule has 2 aromatic carbocycles. The van der Waals surface area contributed by atoms with E-state index < -0.39 is 0 Å². The van der Waals surface area contributed by atoms with Gasteiger partial charge in [0.25, 0.3) is 0 Å². The smallest absolute Gasteiger partial charge is 0.123 e. The lowest BCUT2D eigenvalue weighted by Crippen LogP contribution is -2.00. The minimum absolute atomic E-state index is 0.152. The summed E-state index contributed by atoms with van der Waals surface area (Å²) >= 11 is 0. The molecule has 0 fully saturated rings. The molecule has 0 heterocycles. The van der Waals surface area contributed by atoms with Gasteiger partial charge in [-0.3, -0.25) is 0 Å². The van der Waals surface area contributed by atoms with Crippen LogP contribution in [0.1, 0.15) is 36.5 Å². The van der Waals surface area contributed by atoms with E-state index in [0.717, 1.165) is 19.3 Å². The Kier molecular flexibility index (Phi) is 5.34. The van der Waals surface area contributed by atoms with E-state index in [1.54, 1.807) is 12.1 Å². The molecule has 0 aliphatic heterocycles. The highest BCUT2D eigenvalue weighted by Crippen LogP contribution is 2.16. The van der Waals surface area contributed by atoms with Crippen molar-refractivity contribution in [2.24, 2.45) is 5.92 Å². The fourth-order valence-electron chi connectivity index (χ4n) is 2.38. The molecule has 0 nitrogen and oxygen atoms in total. The predicted octanol–water partition coefficient (Wildman–Crippen LogP) is 5.34. The molecule has 0 radical (unpaired) electrons. The summed E-state index contributed by atoms with van der Waals surface area (Å²) in [7, 11) is 0. The van der Waals surface area contributed by atoms with E-state index >= 15 is 0 Å². The Morgan fingerprint density at radius 3 is 1.75 bits per heavy atom. The molecule has 0 spiro atoms. The molecule has 2 aromatic rings. The first-order chi connectivity index (χ1) is 9.63. The Morgan fingerprint density at radius 1 is 0.800 bits per heavy atom. The van der Waals surface area contributed by atoms with Crippen molar-refractivity contribution in [1.82, 2.24) is 0 Å². The lowest BCUT2D eigenvalue weighted by molar-refractivity contribution is 0.492. The molecule has 0 aliphatic carbocycles. The molecule has 0 aromatic heterocycles. The molecule has 0 aliphatic rings. The molecule has 0 saturated carbocycles. The molecule has 0 bridgehead atoms. The summed E-state index contributed by atoms with van der Waals surface area (Å²) in [4.78, 5) is 0. The zero-order valence-electron chi connectivity index (χ0n) is 12.4. The van der Waals surface area contributed by atoms with E-state index in [9.17, 15) is 4.39 Å². The molecule has 1 heteroatoms. The maximum Gasteiger partial charge on any atom is 0.123 e. The minimum atomic E-state index is -0.152. The number of rotatable bonds is 6. The van der Waals surface area contributed by atoms with Gasteiger partial charge in [-0.05, 0) is 61.8 Å². The molecule has 0 N–H and O–H groups in total. The molecule has 1 unspecified atom stereocenters. The van der Waals surface area contributed by atoms with Gasteiger partial charge in [0.05, 0.1) is 0 Å². The first-order valence-electron chi connectivity index (χ1n) is 7.43. The van der Waals surface area contributed by atoms with Crippen LogP contribution in [0, 0.1) is 18.7 Å².